The molecular weight excluding hydrogens is 268 g/mol. The number of carbonyl (C=O) groups is 1. The summed E-state index contributed by atoms with van der Waals surface area (Å²) < 4.78 is 5.29. The fourth-order valence-corrected chi connectivity index (χ4v) is 2.06. The Morgan fingerprint density at radius 1 is 1.24 bits per heavy atom. The summed E-state index contributed by atoms with van der Waals surface area (Å²) in [6.07, 6.45) is 2.14. The van der Waals surface area contributed by atoms with Crippen LogP contribution in [-0.4, -0.2) is 36.5 Å². The van der Waals surface area contributed by atoms with E-state index in [4.69, 9.17) is 4.74 Å². The average molecular weight is 286 g/mol. The van der Waals surface area contributed by atoms with Crippen molar-refractivity contribution in [2.75, 3.05) is 20.7 Å². The maximum absolute atomic E-state index is 12.2. The van der Waals surface area contributed by atoms with Gasteiger partial charge in [0.2, 0.25) is 5.56 Å². The lowest BCUT2D eigenvalue weighted by Crippen LogP contribution is -2.29. The number of benzene rings is 1. The number of carbonyl (C=O) groups excluding carboxylic acids is 1. The Kier molecular flexibility index (Phi) is 4.77. The van der Waals surface area contributed by atoms with E-state index >= 15 is 0 Å². The van der Waals surface area contributed by atoms with Crippen LogP contribution < -0.4 is 10.3 Å². The van der Waals surface area contributed by atoms with Crippen LogP contribution in [0.1, 0.15) is 15.9 Å². The molecule has 110 valence electrons. The van der Waals surface area contributed by atoms with Gasteiger partial charge >= 0.3 is 0 Å². The molecule has 0 unspecified atom stereocenters. The molecule has 0 radical (unpaired) electrons. The predicted molar refractivity (Wildman–Crippen MR) is 80.7 cm³/mol. The van der Waals surface area contributed by atoms with Crippen molar-refractivity contribution in [1.29, 1.82) is 0 Å². The van der Waals surface area contributed by atoms with Crippen molar-refractivity contribution in [3.05, 3.63) is 64.1 Å². The van der Waals surface area contributed by atoms with E-state index in [1.54, 1.807) is 19.1 Å². The van der Waals surface area contributed by atoms with Gasteiger partial charge in [0.05, 0.1) is 12.7 Å². The Labute approximate surface area is 123 Å². The molecule has 0 aliphatic carbocycles. The van der Waals surface area contributed by atoms with Crippen LogP contribution in [-0.2, 0) is 6.42 Å². The van der Waals surface area contributed by atoms with E-state index in [-0.39, 0.29) is 11.5 Å². The van der Waals surface area contributed by atoms with Crippen molar-refractivity contribution in [2.45, 2.75) is 6.42 Å². The van der Waals surface area contributed by atoms with Crippen LogP contribution in [0.3, 0.4) is 0 Å². The number of methoxy groups -OCH3 is 1. The van der Waals surface area contributed by atoms with E-state index in [1.807, 2.05) is 24.3 Å². The predicted octanol–water partition coefficient (Wildman–Crippen LogP) is 1.70. The SMILES string of the molecule is COc1ccccc1CCN(C)C(=O)c1ccc(=O)[nH]c1. The van der Waals surface area contributed by atoms with Crippen LogP contribution in [0, 0.1) is 0 Å². The first-order valence-corrected chi connectivity index (χ1v) is 6.68. The maximum Gasteiger partial charge on any atom is 0.255 e. The Morgan fingerprint density at radius 2 is 2.00 bits per heavy atom. The van der Waals surface area contributed by atoms with Crippen LogP contribution in [0.25, 0.3) is 0 Å². The molecule has 1 aromatic carbocycles. The second kappa shape index (κ2) is 6.74. The molecule has 1 aromatic heterocycles. The zero-order chi connectivity index (χ0) is 15.2. The van der Waals surface area contributed by atoms with Gasteiger partial charge in [0.25, 0.3) is 5.91 Å². The van der Waals surface area contributed by atoms with E-state index in [9.17, 15) is 9.59 Å². The Hall–Kier alpha value is -2.56. The number of aromatic nitrogens is 1. The first-order valence-electron chi connectivity index (χ1n) is 6.68. The summed E-state index contributed by atoms with van der Waals surface area (Å²) in [7, 11) is 3.37. The number of hydrogen-bond acceptors (Lipinski definition) is 3. The maximum atomic E-state index is 12.2. The number of rotatable bonds is 5. The highest BCUT2D eigenvalue weighted by molar-refractivity contribution is 5.93. The van der Waals surface area contributed by atoms with Gasteiger partial charge in [0.15, 0.2) is 0 Å². The molecular formula is C16H18N2O3. The van der Waals surface area contributed by atoms with E-state index in [2.05, 4.69) is 4.98 Å². The molecule has 0 saturated carbocycles. The van der Waals surface area contributed by atoms with Gasteiger partial charge in [0, 0.05) is 25.9 Å². The van der Waals surface area contributed by atoms with Crippen LogP contribution in [0.15, 0.2) is 47.4 Å². The van der Waals surface area contributed by atoms with Gasteiger partial charge in [-0.1, -0.05) is 18.2 Å². The number of nitrogens with one attached hydrogen (secondary N) is 1. The van der Waals surface area contributed by atoms with Crippen molar-refractivity contribution >= 4 is 5.91 Å². The molecule has 0 spiro atoms. The lowest BCUT2D eigenvalue weighted by Gasteiger charge is -2.18. The van der Waals surface area contributed by atoms with Crippen molar-refractivity contribution in [3.8, 4) is 5.75 Å². The lowest BCUT2D eigenvalue weighted by molar-refractivity contribution is 0.0796. The van der Waals surface area contributed by atoms with Gasteiger partial charge in [-0.2, -0.15) is 0 Å². The summed E-state index contributed by atoms with van der Waals surface area (Å²) in [6, 6.07) is 10.6. The van der Waals surface area contributed by atoms with Crippen LogP contribution in [0.2, 0.25) is 0 Å². The highest BCUT2D eigenvalue weighted by Gasteiger charge is 2.12. The van der Waals surface area contributed by atoms with Gasteiger partial charge in [-0.05, 0) is 24.1 Å². The molecule has 0 fully saturated rings. The molecule has 5 heteroatoms. The zero-order valence-electron chi connectivity index (χ0n) is 12.1. The Bertz CT molecular complexity index is 659. The number of H-pyrrole nitrogens is 1. The smallest absolute Gasteiger partial charge is 0.255 e. The third-order valence-electron chi connectivity index (χ3n) is 3.29. The Balaban J connectivity index is 2.01. The number of aromatic amines is 1. The standard InChI is InChI=1S/C16H18N2O3/c1-18(16(20)13-7-8-15(19)17-11-13)10-9-12-5-3-4-6-14(12)21-2/h3-8,11H,9-10H2,1-2H3,(H,17,19). The third kappa shape index (κ3) is 3.72. The number of pyridine rings is 1. The van der Waals surface area contributed by atoms with E-state index in [1.165, 1.54) is 18.3 Å². The number of hydrogen-bond donors (Lipinski definition) is 1. The van der Waals surface area contributed by atoms with Gasteiger partial charge in [-0.25, -0.2) is 0 Å². The fraction of sp³-hybridized carbons (Fsp3) is 0.250. The molecule has 0 saturated heterocycles. The van der Waals surface area contributed by atoms with Gasteiger partial charge in [-0.3, -0.25) is 9.59 Å². The fourth-order valence-electron chi connectivity index (χ4n) is 2.06. The molecule has 1 heterocycles. The van der Waals surface area contributed by atoms with Crippen molar-refractivity contribution in [3.63, 3.8) is 0 Å². The highest BCUT2D eigenvalue weighted by atomic mass is 16.5. The van der Waals surface area contributed by atoms with E-state index in [0.717, 1.165) is 11.3 Å². The molecule has 1 amide bonds. The van der Waals surface area contributed by atoms with Crippen molar-refractivity contribution < 1.29 is 9.53 Å². The quantitative estimate of drug-likeness (QED) is 0.910. The Morgan fingerprint density at radius 3 is 2.67 bits per heavy atom. The van der Waals surface area contributed by atoms with Crippen LogP contribution >= 0.6 is 0 Å². The third-order valence-corrected chi connectivity index (χ3v) is 3.29. The second-order valence-electron chi connectivity index (χ2n) is 4.73. The van der Waals surface area contributed by atoms with Gasteiger partial charge in [-0.15, -0.1) is 0 Å². The summed E-state index contributed by atoms with van der Waals surface area (Å²) >= 11 is 0. The summed E-state index contributed by atoms with van der Waals surface area (Å²) in [5.74, 6) is 0.698. The minimum atomic E-state index is -0.219. The van der Waals surface area contributed by atoms with Crippen molar-refractivity contribution in [2.24, 2.45) is 0 Å². The minimum absolute atomic E-state index is 0.124. The number of para-hydroxylation sites is 1. The molecule has 0 bridgehead atoms. The molecule has 5 nitrogen and oxygen atoms in total. The number of ether oxygens (including phenoxy) is 1. The van der Waals surface area contributed by atoms with Gasteiger partial charge < -0.3 is 14.6 Å². The van der Waals surface area contributed by atoms with Gasteiger partial charge in [0.1, 0.15) is 5.75 Å². The summed E-state index contributed by atoms with van der Waals surface area (Å²) in [5, 5.41) is 0. The monoisotopic (exact) mass is 286 g/mol. The summed E-state index contributed by atoms with van der Waals surface area (Å²) in [6.45, 7) is 0.568. The van der Waals surface area contributed by atoms with E-state index < -0.39 is 0 Å². The van der Waals surface area contributed by atoms with Crippen molar-refractivity contribution in [1.82, 2.24) is 9.88 Å². The number of likely N-dealkylation sites (N-methyl/N-ethyl adjacent to an activating group) is 1. The molecule has 0 atom stereocenters. The molecule has 1 N–H and O–H groups in total. The second-order valence-corrected chi connectivity index (χ2v) is 4.73. The van der Waals surface area contributed by atoms with Crippen LogP contribution in [0.4, 0.5) is 0 Å². The summed E-state index contributed by atoms with van der Waals surface area (Å²) in [4.78, 5) is 27.3. The molecule has 0 aliphatic heterocycles. The molecule has 0 aliphatic rings. The zero-order valence-corrected chi connectivity index (χ0v) is 12.1. The molecule has 2 aromatic rings. The first kappa shape index (κ1) is 14.8. The summed E-state index contributed by atoms with van der Waals surface area (Å²) in [5.41, 5.74) is 1.31. The first-order chi connectivity index (χ1) is 10.1. The topological polar surface area (TPSA) is 62.4 Å². The molecule has 21 heavy (non-hydrogen) atoms. The highest BCUT2D eigenvalue weighted by Crippen LogP contribution is 2.18. The lowest BCUT2D eigenvalue weighted by atomic mass is 10.1. The number of amides is 1. The average Bonchev–Trinajstić information content (AvgIpc) is 2.52. The largest absolute Gasteiger partial charge is 0.496 e. The normalized spacial score (nSPS) is 10.2. The number of nitrogens with zero attached hydrogens (tertiary/aromatic N) is 1. The van der Waals surface area contributed by atoms with E-state index in [0.29, 0.717) is 18.5 Å². The molecule has 2 rings (SSSR count). The van der Waals surface area contributed by atoms with Crippen LogP contribution in [0.5, 0.6) is 5.75 Å². The minimum Gasteiger partial charge on any atom is -0.496 e.